The molecule has 0 saturated carbocycles. The van der Waals surface area contributed by atoms with Crippen molar-refractivity contribution in [3.63, 3.8) is 0 Å². The molecule has 1 heterocycles. The highest BCUT2D eigenvalue weighted by atomic mass is 32.2. The predicted octanol–water partition coefficient (Wildman–Crippen LogP) is 3.04. The highest BCUT2D eigenvalue weighted by molar-refractivity contribution is 7.99. The van der Waals surface area contributed by atoms with E-state index in [-0.39, 0.29) is 0 Å². The minimum atomic E-state index is -0.798. The van der Waals surface area contributed by atoms with Gasteiger partial charge >= 0.3 is 5.97 Å². The van der Waals surface area contributed by atoms with Crippen LogP contribution < -0.4 is 5.32 Å². The Balaban J connectivity index is 2.05. The number of aliphatic hydroxyl groups excluding tert-OH is 1. The standard InChI is InChI=1S/C15H13NO3S/c1-19-15(18)9-6-7-13-11(8-9)16-14(17)10-4-2-3-5-12(10)20-13/h2-8,14,16-17H,1H3. The molecule has 4 nitrogen and oxygen atoms in total. The van der Waals surface area contributed by atoms with E-state index in [0.717, 1.165) is 21.0 Å². The zero-order valence-electron chi connectivity index (χ0n) is 10.8. The topological polar surface area (TPSA) is 58.6 Å². The van der Waals surface area contributed by atoms with Crippen molar-refractivity contribution in [3.05, 3.63) is 53.6 Å². The van der Waals surface area contributed by atoms with Gasteiger partial charge in [0, 0.05) is 15.4 Å². The maximum absolute atomic E-state index is 11.6. The third-order valence-corrected chi connectivity index (χ3v) is 4.29. The fourth-order valence-electron chi connectivity index (χ4n) is 2.12. The van der Waals surface area contributed by atoms with Gasteiger partial charge in [-0.3, -0.25) is 0 Å². The van der Waals surface area contributed by atoms with Crippen LogP contribution in [0.5, 0.6) is 0 Å². The molecule has 1 aliphatic rings. The van der Waals surface area contributed by atoms with Gasteiger partial charge in [-0.05, 0) is 24.3 Å². The number of aliphatic hydroxyl groups is 1. The summed E-state index contributed by atoms with van der Waals surface area (Å²) in [4.78, 5) is 13.5. The summed E-state index contributed by atoms with van der Waals surface area (Å²) in [7, 11) is 1.35. The Labute approximate surface area is 120 Å². The van der Waals surface area contributed by atoms with Crippen LogP contribution in [0.2, 0.25) is 0 Å². The average Bonchev–Trinajstić information content (AvgIpc) is 2.62. The Morgan fingerprint density at radius 2 is 2.05 bits per heavy atom. The fraction of sp³-hybridized carbons (Fsp3) is 0.133. The first-order valence-electron chi connectivity index (χ1n) is 6.13. The second kappa shape index (κ2) is 5.19. The van der Waals surface area contributed by atoms with Gasteiger partial charge in [-0.15, -0.1) is 0 Å². The number of esters is 1. The van der Waals surface area contributed by atoms with Gasteiger partial charge in [0.1, 0.15) is 0 Å². The molecule has 1 aliphatic heterocycles. The highest BCUT2D eigenvalue weighted by Gasteiger charge is 2.20. The van der Waals surface area contributed by atoms with Gasteiger partial charge in [0.2, 0.25) is 0 Å². The maximum Gasteiger partial charge on any atom is 0.337 e. The number of hydrogen-bond donors (Lipinski definition) is 2. The first kappa shape index (κ1) is 13.0. The van der Waals surface area contributed by atoms with Crippen molar-refractivity contribution in [2.24, 2.45) is 0 Å². The van der Waals surface area contributed by atoms with Crippen molar-refractivity contribution >= 4 is 23.4 Å². The van der Waals surface area contributed by atoms with Crippen molar-refractivity contribution in [1.82, 2.24) is 0 Å². The lowest BCUT2D eigenvalue weighted by Crippen LogP contribution is -2.10. The third-order valence-electron chi connectivity index (χ3n) is 3.13. The summed E-state index contributed by atoms with van der Waals surface area (Å²) in [6.45, 7) is 0. The van der Waals surface area contributed by atoms with E-state index in [9.17, 15) is 9.90 Å². The number of rotatable bonds is 1. The molecule has 3 rings (SSSR count). The van der Waals surface area contributed by atoms with Crippen LogP contribution in [-0.2, 0) is 4.74 Å². The molecule has 1 unspecified atom stereocenters. The molecular formula is C15H13NO3S. The summed E-state index contributed by atoms with van der Waals surface area (Å²) >= 11 is 1.56. The number of carbonyl (C=O) groups excluding carboxylic acids is 1. The largest absolute Gasteiger partial charge is 0.465 e. The molecule has 0 fully saturated rings. The summed E-state index contributed by atoms with van der Waals surface area (Å²) in [5, 5.41) is 13.3. The number of anilines is 1. The SMILES string of the molecule is COC(=O)c1ccc2c(c1)NC(O)c1ccccc1S2. The van der Waals surface area contributed by atoms with Crippen LogP contribution >= 0.6 is 11.8 Å². The number of benzene rings is 2. The normalized spacial score (nSPS) is 16.4. The fourth-order valence-corrected chi connectivity index (χ4v) is 3.16. The Hall–Kier alpha value is -1.98. The van der Waals surface area contributed by atoms with Gasteiger partial charge in [0.05, 0.1) is 18.4 Å². The van der Waals surface area contributed by atoms with E-state index < -0.39 is 12.2 Å². The van der Waals surface area contributed by atoms with Crippen LogP contribution in [0.25, 0.3) is 0 Å². The van der Waals surface area contributed by atoms with E-state index in [1.54, 1.807) is 23.9 Å². The Bertz CT molecular complexity index is 672. The summed E-state index contributed by atoms with van der Waals surface area (Å²) in [5.41, 5.74) is 2.01. The van der Waals surface area contributed by atoms with Crippen LogP contribution in [0.1, 0.15) is 22.1 Å². The zero-order valence-corrected chi connectivity index (χ0v) is 11.6. The molecular weight excluding hydrogens is 274 g/mol. The predicted molar refractivity (Wildman–Crippen MR) is 76.9 cm³/mol. The van der Waals surface area contributed by atoms with E-state index in [1.165, 1.54) is 7.11 Å². The van der Waals surface area contributed by atoms with Gasteiger partial charge in [0.15, 0.2) is 6.23 Å². The highest BCUT2D eigenvalue weighted by Crippen LogP contribution is 2.41. The maximum atomic E-state index is 11.6. The molecule has 0 bridgehead atoms. The second-order valence-electron chi connectivity index (χ2n) is 4.39. The first-order chi connectivity index (χ1) is 9.69. The van der Waals surface area contributed by atoms with Gasteiger partial charge in [0.25, 0.3) is 0 Å². The summed E-state index contributed by atoms with van der Waals surface area (Å²) in [6, 6.07) is 12.9. The van der Waals surface area contributed by atoms with Crippen molar-refractivity contribution in [2.45, 2.75) is 16.0 Å². The van der Waals surface area contributed by atoms with Gasteiger partial charge in [-0.25, -0.2) is 4.79 Å². The summed E-state index contributed by atoms with van der Waals surface area (Å²) < 4.78 is 4.71. The summed E-state index contributed by atoms with van der Waals surface area (Å²) in [6.07, 6.45) is -0.798. The molecule has 0 saturated heterocycles. The van der Waals surface area contributed by atoms with E-state index in [2.05, 4.69) is 5.32 Å². The van der Waals surface area contributed by atoms with Crippen LogP contribution in [0.15, 0.2) is 52.3 Å². The quantitative estimate of drug-likeness (QED) is 0.789. The van der Waals surface area contributed by atoms with Crippen molar-refractivity contribution in [1.29, 1.82) is 0 Å². The smallest absolute Gasteiger partial charge is 0.337 e. The lowest BCUT2D eigenvalue weighted by Gasteiger charge is -2.14. The lowest BCUT2D eigenvalue weighted by atomic mass is 10.1. The molecule has 102 valence electrons. The zero-order chi connectivity index (χ0) is 14.1. The van der Waals surface area contributed by atoms with Gasteiger partial charge < -0.3 is 15.2 Å². The molecule has 2 N–H and O–H groups in total. The molecule has 2 aromatic rings. The molecule has 0 amide bonds. The number of carbonyl (C=O) groups is 1. The molecule has 5 heteroatoms. The molecule has 0 spiro atoms. The van der Waals surface area contributed by atoms with E-state index in [4.69, 9.17) is 4.74 Å². The average molecular weight is 287 g/mol. The monoisotopic (exact) mass is 287 g/mol. The lowest BCUT2D eigenvalue weighted by molar-refractivity contribution is 0.0600. The van der Waals surface area contributed by atoms with Gasteiger partial charge in [-0.2, -0.15) is 0 Å². The third kappa shape index (κ3) is 2.26. The van der Waals surface area contributed by atoms with Gasteiger partial charge in [-0.1, -0.05) is 30.0 Å². The Morgan fingerprint density at radius 1 is 1.25 bits per heavy atom. The van der Waals surface area contributed by atoms with Crippen LogP contribution in [-0.4, -0.2) is 18.2 Å². The molecule has 2 aromatic carbocycles. The molecule has 0 radical (unpaired) electrons. The number of nitrogens with one attached hydrogen (secondary N) is 1. The number of ether oxygens (including phenoxy) is 1. The minimum Gasteiger partial charge on any atom is -0.465 e. The first-order valence-corrected chi connectivity index (χ1v) is 6.94. The van der Waals surface area contributed by atoms with E-state index >= 15 is 0 Å². The molecule has 0 aromatic heterocycles. The molecule has 0 aliphatic carbocycles. The summed E-state index contributed by atoms with van der Waals surface area (Å²) in [5.74, 6) is -0.393. The van der Waals surface area contributed by atoms with Crippen molar-refractivity contribution < 1.29 is 14.6 Å². The van der Waals surface area contributed by atoms with Crippen molar-refractivity contribution in [2.75, 3.05) is 12.4 Å². The van der Waals surface area contributed by atoms with E-state index in [0.29, 0.717) is 5.56 Å². The molecule has 1 atom stereocenters. The Kier molecular flexibility index (Phi) is 3.38. The second-order valence-corrected chi connectivity index (χ2v) is 5.47. The Morgan fingerprint density at radius 3 is 2.85 bits per heavy atom. The van der Waals surface area contributed by atoms with Crippen LogP contribution in [0.4, 0.5) is 5.69 Å². The molecule has 20 heavy (non-hydrogen) atoms. The van der Waals surface area contributed by atoms with Crippen LogP contribution in [0.3, 0.4) is 0 Å². The van der Waals surface area contributed by atoms with Crippen LogP contribution in [0, 0.1) is 0 Å². The number of methoxy groups -OCH3 is 1. The van der Waals surface area contributed by atoms with E-state index in [1.807, 2.05) is 30.3 Å². The van der Waals surface area contributed by atoms with Crippen molar-refractivity contribution in [3.8, 4) is 0 Å². The minimum absolute atomic E-state index is 0.393. The number of fused-ring (bicyclic) bond motifs is 2. The number of hydrogen-bond acceptors (Lipinski definition) is 5.